The molecule has 0 radical (unpaired) electrons. The molecule has 0 saturated heterocycles. The van der Waals surface area contributed by atoms with E-state index in [0.29, 0.717) is 5.56 Å². The Labute approximate surface area is 204 Å². The molecule has 0 aliphatic heterocycles. The molecule has 0 aliphatic carbocycles. The Balaban J connectivity index is 1.60. The Bertz CT molecular complexity index is 1540. The van der Waals surface area contributed by atoms with E-state index in [1.54, 1.807) is 6.07 Å². The Morgan fingerprint density at radius 2 is 1.91 bits per heavy atom. The number of nitrogens with one attached hydrogen (secondary N) is 1. The lowest BCUT2D eigenvalue weighted by atomic mass is 10.0. The summed E-state index contributed by atoms with van der Waals surface area (Å²) >= 11 is 0. The largest absolute Gasteiger partial charge is 0.384 e. The van der Waals surface area contributed by atoms with Crippen LogP contribution in [0.2, 0.25) is 0 Å². The summed E-state index contributed by atoms with van der Waals surface area (Å²) in [7, 11) is 0. The number of para-hydroxylation sites is 1. The molecule has 3 heterocycles. The zero-order valence-electron chi connectivity index (χ0n) is 20.1. The van der Waals surface area contributed by atoms with Gasteiger partial charge in [-0.05, 0) is 60.9 Å². The average Bonchev–Trinajstić information content (AvgIpc) is 3.22. The Kier molecular flexibility index (Phi) is 6.19. The first-order chi connectivity index (χ1) is 17.1. The van der Waals surface area contributed by atoms with Crippen molar-refractivity contribution in [3.8, 4) is 16.8 Å². The number of fused-ring (bicyclic) bond motifs is 2. The standard InChI is InChI=1S/C29H29N5O/c1-3-4-7-13-31-26-16-22(10-11-24(26)28(30)35)34-18-19(2)27-23(12-14-32-29(27)34)21-15-20-8-5-6-9-25(20)33-17-21/h5-6,8-12,14-18,31H,3-4,7,13H2,1-2H3,(H2,30,35). The Morgan fingerprint density at radius 1 is 1.06 bits per heavy atom. The third kappa shape index (κ3) is 4.35. The number of carbonyl (C=O) groups is 1. The van der Waals surface area contributed by atoms with Crippen LogP contribution in [0.3, 0.4) is 0 Å². The number of nitrogens with two attached hydrogens (primary N) is 1. The maximum atomic E-state index is 12.0. The minimum Gasteiger partial charge on any atom is -0.384 e. The van der Waals surface area contributed by atoms with E-state index in [2.05, 4.69) is 47.0 Å². The number of pyridine rings is 2. The minimum absolute atomic E-state index is 0.438. The van der Waals surface area contributed by atoms with Gasteiger partial charge in [0.25, 0.3) is 5.91 Å². The van der Waals surface area contributed by atoms with Crippen molar-refractivity contribution in [2.45, 2.75) is 33.1 Å². The van der Waals surface area contributed by atoms with Crippen molar-refractivity contribution >= 4 is 33.5 Å². The van der Waals surface area contributed by atoms with Crippen LogP contribution in [0.15, 0.2) is 73.2 Å². The van der Waals surface area contributed by atoms with E-state index in [0.717, 1.165) is 75.8 Å². The molecular formula is C29H29N5O. The molecule has 0 fully saturated rings. The van der Waals surface area contributed by atoms with E-state index < -0.39 is 5.91 Å². The van der Waals surface area contributed by atoms with Crippen molar-refractivity contribution in [2.75, 3.05) is 11.9 Å². The average molecular weight is 464 g/mol. The van der Waals surface area contributed by atoms with Crippen LogP contribution >= 0.6 is 0 Å². The topological polar surface area (TPSA) is 85.8 Å². The third-order valence-electron chi connectivity index (χ3n) is 6.42. The molecule has 5 aromatic rings. The summed E-state index contributed by atoms with van der Waals surface area (Å²) in [6, 6.07) is 18.0. The zero-order valence-corrected chi connectivity index (χ0v) is 20.1. The van der Waals surface area contributed by atoms with Gasteiger partial charge in [-0.1, -0.05) is 38.0 Å². The second-order valence-corrected chi connectivity index (χ2v) is 8.88. The predicted octanol–water partition coefficient (Wildman–Crippen LogP) is 6.25. The molecule has 3 N–H and O–H groups in total. The summed E-state index contributed by atoms with van der Waals surface area (Å²) in [6.07, 6.45) is 9.17. The number of anilines is 1. The van der Waals surface area contributed by atoms with Crippen LogP contribution in [0.5, 0.6) is 0 Å². The van der Waals surface area contributed by atoms with Gasteiger partial charge in [-0.15, -0.1) is 0 Å². The van der Waals surface area contributed by atoms with E-state index in [9.17, 15) is 4.79 Å². The molecule has 0 spiro atoms. The molecule has 3 aromatic heterocycles. The lowest BCUT2D eigenvalue weighted by Gasteiger charge is -2.13. The number of aryl methyl sites for hydroxylation is 1. The fourth-order valence-electron chi connectivity index (χ4n) is 4.64. The lowest BCUT2D eigenvalue weighted by molar-refractivity contribution is 0.100. The monoisotopic (exact) mass is 463 g/mol. The van der Waals surface area contributed by atoms with Crippen molar-refractivity contribution < 1.29 is 4.79 Å². The van der Waals surface area contributed by atoms with Crippen LogP contribution in [0, 0.1) is 6.92 Å². The molecule has 6 nitrogen and oxygen atoms in total. The van der Waals surface area contributed by atoms with Crippen LogP contribution < -0.4 is 11.1 Å². The summed E-state index contributed by atoms with van der Waals surface area (Å²) in [5.41, 5.74) is 12.9. The van der Waals surface area contributed by atoms with E-state index in [1.807, 2.05) is 48.8 Å². The number of carbonyl (C=O) groups excluding carboxylic acids is 1. The summed E-state index contributed by atoms with van der Waals surface area (Å²) in [4.78, 5) is 21.4. The molecule has 0 atom stereocenters. The number of nitrogens with zero attached hydrogens (tertiary/aromatic N) is 3. The zero-order chi connectivity index (χ0) is 24.4. The first-order valence-corrected chi connectivity index (χ1v) is 12.1. The number of aromatic nitrogens is 3. The van der Waals surface area contributed by atoms with Gasteiger partial charge in [0.05, 0.1) is 11.1 Å². The minimum atomic E-state index is -0.438. The summed E-state index contributed by atoms with van der Waals surface area (Å²) in [5.74, 6) is -0.438. The molecule has 6 heteroatoms. The molecule has 0 bridgehead atoms. The van der Waals surface area contributed by atoms with E-state index >= 15 is 0 Å². The SMILES string of the molecule is CCCCCNc1cc(-n2cc(C)c3c(-c4cnc5ccccc5c4)ccnc32)ccc1C(N)=O. The van der Waals surface area contributed by atoms with Crippen LogP contribution in [0.25, 0.3) is 38.8 Å². The molecule has 5 rings (SSSR count). The van der Waals surface area contributed by atoms with Gasteiger partial charge in [-0.2, -0.15) is 0 Å². The fraction of sp³-hybridized carbons (Fsp3) is 0.207. The maximum absolute atomic E-state index is 12.0. The Morgan fingerprint density at radius 3 is 2.74 bits per heavy atom. The van der Waals surface area contributed by atoms with E-state index in [4.69, 9.17) is 10.7 Å². The number of hydrogen-bond acceptors (Lipinski definition) is 4. The maximum Gasteiger partial charge on any atom is 0.250 e. The van der Waals surface area contributed by atoms with Gasteiger partial charge >= 0.3 is 0 Å². The smallest absolute Gasteiger partial charge is 0.250 e. The number of amides is 1. The van der Waals surface area contributed by atoms with Gasteiger partial charge in [0.2, 0.25) is 0 Å². The van der Waals surface area contributed by atoms with Gasteiger partial charge in [0, 0.05) is 52.8 Å². The highest BCUT2D eigenvalue weighted by Gasteiger charge is 2.16. The van der Waals surface area contributed by atoms with Crippen LogP contribution in [0.1, 0.15) is 42.1 Å². The molecule has 2 aromatic carbocycles. The number of unbranched alkanes of at least 4 members (excludes halogenated alkanes) is 2. The van der Waals surface area contributed by atoms with Gasteiger partial charge < -0.3 is 15.6 Å². The van der Waals surface area contributed by atoms with Crippen molar-refractivity contribution in [2.24, 2.45) is 5.73 Å². The highest BCUT2D eigenvalue weighted by atomic mass is 16.1. The van der Waals surface area contributed by atoms with Crippen molar-refractivity contribution in [3.05, 3.63) is 84.3 Å². The second kappa shape index (κ2) is 9.58. The molecule has 0 unspecified atom stereocenters. The van der Waals surface area contributed by atoms with Gasteiger partial charge in [-0.3, -0.25) is 9.78 Å². The van der Waals surface area contributed by atoms with Gasteiger partial charge in [0.15, 0.2) is 0 Å². The van der Waals surface area contributed by atoms with Gasteiger partial charge in [-0.25, -0.2) is 4.98 Å². The first-order valence-electron chi connectivity index (χ1n) is 12.1. The van der Waals surface area contributed by atoms with Crippen molar-refractivity contribution in [1.82, 2.24) is 14.5 Å². The quantitative estimate of drug-likeness (QED) is 0.266. The van der Waals surface area contributed by atoms with Crippen LogP contribution in [-0.2, 0) is 0 Å². The van der Waals surface area contributed by atoms with Crippen LogP contribution in [-0.4, -0.2) is 27.0 Å². The molecular weight excluding hydrogens is 434 g/mol. The highest BCUT2D eigenvalue weighted by molar-refractivity contribution is 6.00. The van der Waals surface area contributed by atoms with E-state index in [-0.39, 0.29) is 0 Å². The van der Waals surface area contributed by atoms with Crippen LogP contribution in [0.4, 0.5) is 5.69 Å². The molecule has 0 aliphatic rings. The molecule has 35 heavy (non-hydrogen) atoms. The predicted molar refractivity (Wildman–Crippen MR) is 143 cm³/mol. The first kappa shape index (κ1) is 22.6. The lowest BCUT2D eigenvalue weighted by Crippen LogP contribution is -2.15. The molecule has 0 saturated carbocycles. The molecule has 176 valence electrons. The summed E-state index contributed by atoms with van der Waals surface area (Å²) in [6.45, 7) is 5.06. The molecule has 1 amide bonds. The number of benzene rings is 2. The number of hydrogen-bond donors (Lipinski definition) is 2. The highest BCUT2D eigenvalue weighted by Crippen LogP contribution is 2.34. The summed E-state index contributed by atoms with van der Waals surface area (Å²) < 4.78 is 2.07. The number of primary amides is 1. The fourth-order valence-corrected chi connectivity index (χ4v) is 4.64. The number of rotatable bonds is 8. The second-order valence-electron chi connectivity index (χ2n) is 8.88. The van der Waals surface area contributed by atoms with Gasteiger partial charge in [0.1, 0.15) is 5.65 Å². The Hall–Kier alpha value is -4.19. The van der Waals surface area contributed by atoms with Crippen molar-refractivity contribution in [3.63, 3.8) is 0 Å². The summed E-state index contributed by atoms with van der Waals surface area (Å²) in [5, 5.41) is 5.59. The third-order valence-corrected chi connectivity index (χ3v) is 6.42. The van der Waals surface area contributed by atoms with Crippen molar-refractivity contribution in [1.29, 1.82) is 0 Å². The normalized spacial score (nSPS) is 11.3. The van der Waals surface area contributed by atoms with E-state index in [1.165, 1.54) is 0 Å².